The zero-order valence-electron chi connectivity index (χ0n) is 10.3. The highest BCUT2D eigenvalue weighted by Gasteiger charge is 2.38. The van der Waals surface area contributed by atoms with Crippen LogP contribution in [0.2, 0.25) is 0 Å². The van der Waals surface area contributed by atoms with Gasteiger partial charge >= 0.3 is 0 Å². The minimum Gasteiger partial charge on any atom is -0.497 e. The van der Waals surface area contributed by atoms with Crippen molar-refractivity contribution in [2.24, 2.45) is 5.73 Å². The third-order valence-corrected chi connectivity index (χ3v) is 3.04. The van der Waals surface area contributed by atoms with Crippen molar-refractivity contribution >= 4 is 0 Å². The Bertz CT molecular complexity index is 365. The van der Waals surface area contributed by atoms with Gasteiger partial charge in [-0.1, -0.05) is 0 Å². The van der Waals surface area contributed by atoms with E-state index in [-0.39, 0.29) is 6.10 Å². The number of nitrogens with two attached hydrogens (primary N) is 1. The molecule has 4 heteroatoms. The molecule has 0 spiro atoms. The minimum absolute atomic E-state index is 0.0899. The maximum absolute atomic E-state index is 5.91. The van der Waals surface area contributed by atoms with Crippen molar-refractivity contribution in [3.05, 3.63) is 29.8 Å². The fraction of sp³-hybridized carbons (Fsp3) is 0.538. The Balaban J connectivity index is 2.10. The first-order valence-corrected chi connectivity index (χ1v) is 5.84. The normalized spacial score (nSPS) is 28.3. The van der Waals surface area contributed by atoms with E-state index in [9.17, 15) is 0 Å². The van der Waals surface area contributed by atoms with Crippen molar-refractivity contribution in [3.8, 4) is 5.75 Å². The first-order chi connectivity index (χ1) is 8.18. The number of hydrogen-bond acceptors (Lipinski definition) is 4. The van der Waals surface area contributed by atoms with E-state index in [0.717, 1.165) is 17.7 Å². The van der Waals surface area contributed by atoms with Gasteiger partial charge in [0.25, 0.3) is 0 Å². The van der Waals surface area contributed by atoms with Crippen LogP contribution in [0.3, 0.4) is 0 Å². The molecule has 17 heavy (non-hydrogen) atoms. The van der Waals surface area contributed by atoms with Crippen LogP contribution in [0.15, 0.2) is 24.3 Å². The van der Waals surface area contributed by atoms with Crippen LogP contribution in [0.1, 0.15) is 18.9 Å². The van der Waals surface area contributed by atoms with Gasteiger partial charge in [0.2, 0.25) is 0 Å². The Morgan fingerprint density at radius 2 is 2.12 bits per heavy atom. The van der Waals surface area contributed by atoms with Crippen LogP contribution in [0.25, 0.3) is 0 Å². The molecule has 2 rings (SSSR count). The maximum Gasteiger partial charge on any atom is 0.192 e. The lowest BCUT2D eigenvalue weighted by Gasteiger charge is -2.24. The summed E-state index contributed by atoms with van der Waals surface area (Å²) in [7, 11) is 1.65. The zero-order valence-corrected chi connectivity index (χ0v) is 10.3. The molecule has 1 aromatic carbocycles. The molecule has 1 saturated heterocycles. The van der Waals surface area contributed by atoms with E-state index in [1.807, 2.05) is 31.2 Å². The molecule has 0 saturated carbocycles. The summed E-state index contributed by atoms with van der Waals surface area (Å²) in [5.74, 6) is 0.167. The number of methoxy groups -OCH3 is 1. The molecule has 0 bridgehead atoms. The van der Waals surface area contributed by atoms with E-state index in [2.05, 4.69) is 0 Å². The number of rotatable bonds is 4. The van der Waals surface area contributed by atoms with E-state index >= 15 is 0 Å². The fourth-order valence-electron chi connectivity index (χ4n) is 2.01. The predicted octanol–water partition coefficient (Wildman–Crippen LogP) is 1.63. The van der Waals surface area contributed by atoms with Crippen molar-refractivity contribution in [2.45, 2.75) is 25.2 Å². The molecule has 0 aliphatic carbocycles. The maximum atomic E-state index is 5.91. The van der Waals surface area contributed by atoms with Gasteiger partial charge in [0.1, 0.15) is 5.75 Å². The number of benzene rings is 1. The Kier molecular flexibility index (Phi) is 3.66. The molecule has 0 aromatic heterocycles. The number of ether oxygens (including phenoxy) is 3. The van der Waals surface area contributed by atoms with Crippen LogP contribution >= 0.6 is 0 Å². The first-order valence-electron chi connectivity index (χ1n) is 5.84. The minimum atomic E-state index is -0.661. The fourth-order valence-corrected chi connectivity index (χ4v) is 2.01. The highest BCUT2D eigenvalue weighted by molar-refractivity contribution is 5.29. The van der Waals surface area contributed by atoms with Gasteiger partial charge in [0.15, 0.2) is 5.79 Å². The van der Waals surface area contributed by atoms with Crippen molar-refractivity contribution in [1.82, 2.24) is 0 Å². The summed E-state index contributed by atoms with van der Waals surface area (Å²) in [4.78, 5) is 0. The molecule has 2 atom stereocenters. The molecule has 1 aliphatic rings. The molecule has 94 valence electrons. The van der Waals surface area contributed by atoms with E-state index in [1.165, 1.54) is 0 Å². The Morgan fingerprint density at radius 1 is 1.41 bits per heavy atom. The predicted molar refractivity (Wildman–Crippen MR) is 64.8 cm³/mol. The summed E-state index contributed by atoms with van der Waals surface area (Å²) in [6.45, 7) is 3.15. The molecule has 1 aromatic rings. The van der Waals surface area contributed by atoms with Crippen LogP contribution in [0.5, 0.6) is 5.75 Å². The molecule has 0 amide bonds. The van der Waals surface area contributed by atoms with E-state index in [0.29, 0.717) is 13.2 Å². The van der Waals surface area contributed by atoms with Crippen LogP contribution < -0.4 is 10.5 Å². The molecule has 4 nitrogen and oxygen atoms in total. The molecule has 1 heterocycles. The lowest BCUT2D eigenvalue weighted by Crippen LogP contribution is -2.24. The van der Waals surface area contributed by atoms with E-state index < -0.39 is 5.79 Å². The SMILES string of the molecule is COc1ccc(C2(C)OCC(CCN)O2)cc1. The molecule has 0 radical (unpaired) electrons. The van der Waals surface area contributed by atoms with Crippen LogP contribution in [-0.2, 0) is 15.3 Å². The summed E-state index contributed by atoms with van der Waals surface area (Å²) in [6.07, 6.45) is 0.915. The Morgan fingerprint density at radius 3 is 2.71 bits per heavy atom. The lowest BCUT2D eigenvalue weighted by atomic mass is 10.1. The standard InChI is InChI=1S/C13H19NO3/c1-13(16-9-12(17-13)7-8-14)10-3-5-11(15-2)6-4-10/h3-6,12H,7-9,14H2,1-2H3. The summed E-state index contributed by atoms with van der Waals surface area (Å²) >= 11 is 0. The van der Waals surface area contributed by atoms with E-state index in [1.54, 1.807) is 7.11 Å². The topological polar surface area (TPSA) is 53.7 Å². The van der Waals surface area contributed by atoms with Gasteiger partial charge in [0, 0.05) is 5.56 Å². The van der Waals surface area contributed by atoms with Crippen molar-refractivity contribution in [3.63, 3.8) is 0 Å². The highest BCUT2D eigenvalue weighted by atomic mass is 16.7. The third-order valence-electron chi connectivity index (χ3n) is 3.04. The van der Waals surface area contributed by atoms with Gasteiger partial charge in [0.05, 0.1) is 19.8 Å². The van der Waals surface area contributed by atoms with Gasteiger partial charge in [-0.3, -0.25) is 0 Å². The van der Waals surface area contributed by atoms with Gasteiger partial charge in [-0.05, 0) is 44.2 Å². The van der Waals surface area contributed by atoms with Crippen molar-refractivity contribution in [2.75, 3.05) is 20.3 Å². The zero-order chi connectivity index (χ0) is 12.3. The molecule has 2 N–H and O–H groups in total. The lowest BCUT2D eigenvalue weighted by molar-refractivity contribution is -0.162. The van der Waals surface area contributed by atoms with Gasteiger partial charge in [-0.15, -0.1) is 0 Å². The molecule has 1 fully saturated rings. The molecule has 1 aliphatic heterocycles. The Hall–Kier alpha value is -1.10. The second-order valence-electron chi connectivity index (χ2n) is 4.30. The van der Waals surface area contributed by atoms with Gasteiger partial charge in [-0.2, -0.15) is 0 Å². The van der Waals surface area contributed by atoms with Crippen LogP contribution in [0.4, 0.5) is 0 Å². The largest absolute Gasteiger partial charge is 0.497 e. The smallest absolute Gasteiger partial charge is 0.192 e. The van der Waals surface area contributed by atoms with Crippen molar-refractivity contribution in [1.29, 1.82) is 0 Å². The van der Waals surface area contributed by atoms with Gasteiger partial charge in [-0.25, -0.2) is 0 Å². The summed E-state index contributed by atoms with van der Waals surface area (Å²) < 4.78 is 16.8. The average molecular weight is 237 g/mol. The van der Waals surface area contributed by atoms with Crippen LogP contribution in [-0.4, -0.2) is 26.4 Å². The molecular formula is C13H19NO3. The second kappa shape index (κ2) is 5.04. The summed E-state index contributed by atoms with van der Waals surface area (Å²) in [5.41, 5.74) is 6.52. The third kappa shape index (κ3) is 2.60. The Labute approximate surface area is 102 Å². The highest BCUT2D eigenvalue weighted by Crippen LogP contribution is 2.35. The molecule has 2 unspecified atom stereocenters. The molecular weight excluding hydrogens is 218 g/mol. The first kappa shape index (κ1) is 12.4. The number of hydrogen-bond donors (Lipinski definition) is 1. The quantitative estimate of drug-likeness (QED) is 0.864. The van der Waals surface area contributed by atoms with Crippen molar-refractivity contribution < 1.29 is 14.2 Å². The summed E-state index contributed by atoms with van der Waals surface area (Å²) in [5, 5.41) is 0. The monoisotopic (exact) mass is 237 g/mol. The van der Waals surface area contributed by atoms with Crippen LogP contribution in [0, 0.1) is 0 Å². The second-order valence-corrected chi connectivity index (χ2v) is 4.30. The average Bonchev–Trinajstić information content (AvgIpc) is 2.73. The summed E-state index contributed by atoms with van der Waals surface area (Å²) in [6, 6.07) is 7.74. The van der Waals surface area contributed by atoms with E-state index in [4.69, 9.17) is 19.9 Å². The van der Waals surface area contributed by atoms with Gasteiger partial charge < -0.3 is 19.9 Å².